The largest absolute Gasteiger partial charge is 0.398 e. The lowest BCUT2D eigenvalue weighted by Gasteiger charge is -2.01. The molecule has 0 aromatic heterocycles. The first kappa shape index (κ1) is 12.4. The van der Waals surface area contributed by atoms with Crippen LogP contribution < -0.4 is 5.73 Å². The highest BCUT2D eigenvalue weighted by molar-refractivity contribution is 6.30. The van der Waals surface area contributed by atoms with Crippen LogP contribution in [0.2, 0.25) is 5.02 Å². The zero-order valence-corrected chi connectivity index (χ0v) is 10.4. The second-order valence-corrected chi connectivity index (χ2v) is 4.27. The van der Waals surface area contributed by atoms with Crippen LogP contribution >= 0.6 is 11.6 Å². The lowest BCUT2D eigenvalue weighted by atomic mass is 10.1. The lowest BCUT2D eigenvalue weighted by Crippen LogP contribution is -2.02. The summed E-state index contributed by atoms with van der Waals surface area (Å²) < 4.78 is 0. The molecule has 0 aliphatic heterocycles. The molecule has 0 atom stereocenters. The van der Waals surface area contributed by atoms with Crippen LogP contribution in [0.15, 0.2) is 60.7 Å². The van der Waals surface area contributed by atoms with Crippen molar-refractivity contribution in [3.8, 4) is 0 Å². The zero-order chi connectivity index (χ0) is 13.0. The van der Waals surface area contributed by atoms with Gasteiger partial charge < -0.3 is 5.73 Å². The summed E-state index contributed by atoms with van der Waals surface area (Å²) in [6.45, 7) is 0. The van der Waals surface area contributed by atoms with Gasteiger partial charge in [0.25, 0.3) is 0 Å². The SMILES string of the molecule is N/C(=C\C(=O)c1ccc(Cl)cc1)c1ccccc1. The van der Waals surface area contributed by atoms with Gasteiger partial charge in [-0.3, -0.25) is 4.79 Å². The molecule has 0 radical (unpaired) electrons. The fraction of sp³-hybridized carbons (Fsp3) is 0. The monoisotopic (exact) mass is 257 g/mol. The number of benzene rings is 2. The van der Waals surface area contributed by atoms with E-state index in [1.807, 2.05) is 30.3 Å². The van der Waals surface area contributed by atoms with Gasteiger partial charge >= 0.3 is 0 Å². The molecule has 0 heterocycles. The number of ketones is 1. The van der Waals surface area contributed by atoms with E-state index in [-0.39, 0.29) is 5.78 Å². The quantitative estimate of drug-likeness (QED) is 0.675. The van der Waals surface area contributed by atoms with Crippen molar-refractivity contribution in [3.63, 3.8) is 0 Å². The molecule has 2 aromatic carbocycles. The van der Waals surface area contributed by atoms with E-state index < -0.39 is 0 Å². The van der Waals surface area contributed by atoms with Crippen LogP contribution in [0.3, 0.4) is 0 Å². The Morgan fingerprint density at radius 1 is 0.944 bits per heavy atom. The molecule has 18 heavy (non-hydrogen) atoms. The van der Waals surface area contributed by atoms with Gasteiger partial charge in [0, 0.05) is 22.4 Å². The number of halogens is 1. The molecule has 2 aromatic rings. The van der Waals surface area contributed by atoms with Gasteiger partial charge in [-0.05, 0) is 29.8 Å². The molecule has 3 heteroatoms. The minimum atomic E-state index is -0.131. The van der Waals surface area contributed by atoms with Gasteiger partial charge in [-0.25, -0.2) is 0 Å². The Kier molecular flexibility index (Phi) is 3.80. The third-order valence-electron chi connectivity index (χ3n) is 2.52. The number of rotatable bonds is 3. The second kappa shape index (κ2) is 5.52. The van der Waals surface area contributed by atoms with Crippen LogP contribution in [0.5, 0.6) is 0 Å². The smallest absolute Gasteiger partial charge is 0.187 e. The fourth-order valence-electron chi connectivity index (χ4n) is 1.55. The lowest BCUT2D eigenvalue weighted by molar-refractivity contribution is 0.104. The first-order valence-electron chi connectivity index (χ1n) is 5.49. The maximum absolute atomic E-state index is 11.9. The molecule has 0 spiro atoms. The molecule has 0 amide bonds. The molecule has 0 saturated carbocycles. The molecule has 0 saturated heterocycles. The molecule has 0 bridgehead atoms. The molecule has 90 valence electrons. The molecule has 0 aliphatic rings. The highest BCUT2D eigenvalue weighted by Gasteiger charge is 2.04. The van der Waals surface area contributed by atoms with Gasteiger partial charge in [0.15, 0.2) is 5.78 Å². The molecule has 2 rings (SSSR count). The van der Waals surface area contributed by atoms with E-state index in [9.17, 15) is 4.79 Å². The first-order chi connectivity index (χ1) is 8.66. The Morgan fingerprint density at radius 2 is 1.56 bits per heavy atom. The number of nitrogens with two attached hydrogens (primary N) is 1. The van der Waals surface area contributed by atoms with Crippen LogP contribution in [0, 0.1) is 0 Å². The Morgan fingerprint density at radius 3 is 2.17 bits per heavy atom. The Hall–Kier alpha value is -2.06. The van der Waals surface area contributed by atoms with Gasteiger partial charge in [0.2, 0.25) is 0 Å². The predicted molar refractivity (Wildman–Crippen MR) is 74.4 cm³/mol. The molecule has 0 fully saturated rings. The second-order valence-electron chi connectivity index (χ2n) is 3.84. The van der Waals surface area contributed by atoms with Crippen molar-refractivity contribution in [3.05, 3.63) is 76.8 Å². The third-order valence-corrected chi connectivity index (χ3v) is 2.77. The Bertz CT molecular complexity index is 573. The van der Waals surface area contributed by atoms with Gasteiger partial charge in [0.05, 0.1) is 0 Å². The summed E-state index contributed by atoms with van der Waals surface area (Å²) in [6.07, 6.45) is 1.43. The summed E-state index contributed by atoms with van der Waals surface area (Å²) in [5.74, 6) is -0.131. The van der Waals surface area contributed by atoms with E-state index in [4.69, 9.17) is 17.3 Å². The zero-order valence-electron chi connectivity index (χ0n) is 9.64. The topological polar surface area (TPSA) is 43.1 Å². The van der Waals surface area contributed by atoms with Crippen molar-refractivity contribution < 1.29 is 4.79 Å². The van der Waals surface area contributed by atoms with Crippen molar-refractivity contribution in [2.45, 2.75) is 0 Å². The minimum absolute atomic E-state index is 0.131. The predicted octanol–water partition coefficient (Wildman–Crippen LogP) is 3.52. The van der Waals surface area contributed by atoms with E-state index in [1.165, 1.54) is 6.08 Å². The number of hydrogen-bond acceptors (Lipinski definition) is 2. The summed E-state index contributed by atoms with van der Waals surface area (Å²) in [4.78, 5) is 11.9. The summed E-state index contributed by atoms with van der Waals surface area (Å²) in [5, 5.41) is 0.603. The fourth-order valence-corrected chi connectivity index (χ4v) is 1.68. The number of carbonyl (C=O) groups is 1. The van der Waals surface area contributed by atoms with Crippen molar-refractivity contribution in [2.24, 2.45) is 5.73 Å². The molecular weight excluding hydrogens is 246 g/mol. The number of hydrogen-bond donors (Lipinski definition) is 1. The van der Waals surface area contributed by atoms with Crippen LogP contribution in [-0.2, 0) is 0 Å². The number of carbonyl (C=O) groups excluding carboxylic acids is 1. The van der Waals surface area contributed by atoms with E-state index in [1.54, 1.807) is 24.3 Å². The number of allylic oxidation sites excluding steroid dienone is 1. The standard InChI is InChI=1S/C15H12ClNO/c16-13-8-6-12(7-9-13)15(18)10-14(17)11-4-2-1-3-5-11/h1-10H,17H2/b14-10-. The summed E-state index contributed by atoms with van der Waals surface area (Å²) in [5.41, 5.74) is 7.73. The van der Waals surface area contributed by atoms with Crippen LogP contribution in [0.1, 0.15) is 15.9 Å². The first-order valence-corrected chi connectivity index (χ1v) is 5.87. The minimum Gasteiger partial charge on any atom is -0.398 e. The molecular formula is C15H12ClNO. The van der Waals surface area contributed by atoms with E-state index in [0.29, 0.717) is 16.3 Å². The summed E-state index contributed by atoms with van der Waals surface area (Å²) in [6, 6.07) is 16.1. The Balaban J connectivity index is 2.23. The third kappa shape index (κ3) is 2.99. The van der Waals surface area contributed by atoms with E-state index in [0.717, 1.165) is 5.56 Å². The van der Waals surface area contributed by atoms with Crippen molar-refractivity contribution >= 4 is 23.1 Å². The highest BCUT2D eigenvalue weighted by Crippen LogP contribution is 2.13. The van der Waals surface area contributed by atoms with Crippen LogP contribution in [0.25, 0.3) is 5.70 Å². The van der Waals surface area contributed by atoms with E-state index >= 15 is 0 Å². The van der Waals surface area contributed by atoms with Crippen LogP contribution in [-0.4, -0.2) is 5.78 Å². The molecule has 2 nitrogen and oxygen atoms in total. The maximum Gasteiger partial charge on any atom is 0.187 e. The van der Waals surface area contributed by atoms with Gasteiger partial charge in [-0.2, -0.15) is 0 Å². The van der Waals surface area contributed by atoms with Crippen molar-refractivity contribution in [1.29, 1.82) is 0 Å². The maximum atomic E-state index is 11.9. The summed E-state index contributed by atoms with van der Waals surface area (Å²) >= 11 is 5.77. The molecule has 0 aliphatic carbocycles. The summed E-state index contributed by atoms with van der Waals surface area (Å²) in [7, 11) is 0. The van der Waals surface area contributed by atoms with Gasteiger partial charge in [-0.1, -0.05) is 41.9 Å². The average molecular weight is 258 g/mol. The van der Waals surface area contributed by atoms with Gasteiger partial charge in [-0.15, -0.1) is 0 Å². The average Bonchev–Trinajstić information content (AvgIpc) is 2.40. The molecule has 0 unspecified atom stereocenters. The van der Waals surface area contributed by atoms with Crippen LogP contribution in [0.4, 0.5) is 0 Å². The molecule has 2 N–H and O–H groups in total. The van der Waals surface area contributed by atoms with Crippen molar-refractivity contribution in [2.75, 3.05) is 0 Å². The Labute approximate surface area is 111 Å². The van der Waals surface area contributed by atoms with Crippen molar-refractivity contribution in [1.82, 2.24) is 0 Å². The van der Waals surface area contributed by atoms with E-state index in [2.05, 4.69) is 0 Å². The normalized spacial score (nSPS) is 11.3. The van der Waals surface area contributed by atoms with Gasteiger partial charge in [0.1, 0.15) is 0 Å². The highest BCUT2D eigenvalue weighted by atomic mass is 35.5.